The van der Waals surface area contributed by atoms with Crippen molar-refractivity contribution >= 4 is 18.0 Å². The van der Waals surface area contributed by atoms with Crippen LogP contribution in [0, 0.1) is 5.92 Å². The van der Waals surface area contributed by atoms with E-state index in [-0.39, 0.29) is 34.8 Å². The molecule has 3 aliphatic heterocycles. The van der Waals surface area contributed by atoms with Gasteiger partial charge in [-0.1, -0.05) is 6.92 Å². The summed E-state index contributed by atoms with van der Waals surface area (Å²) in [6, 6.07) is -0.705. The number of hydrogen-bond acceptors (Lipinski definition) is 5. The molecule has 158 valence electrons. The topological polar surface area (TPSA) is 76.2 Å². The zero-order valence-electron chi connectivity index (χ0n) is 17.7. The van der Waals surface area contributed by atoms with Crippen molar-refractivity contribution in [2.75, 3.05) is 6.54 Å². The summed E-state index contributed by atoms with van der Waals surface area (Å²) in [7, 11) is 0. The summed E-state index contributed by atoms with van der Waals surface area (Å²) < 4.78 is 11.0. The minimum atomic E-state index is -0.634. The van der Waals surface area contributed by atoms with Gasteiger partial charge in [-0.25, -0.2) is 9.59 Å². The fourth-order valence-electron chi connectivity index (χ4n) is 4.17. The number of likely N-dealkylation sites (tertiary alicyclic amines) is 1. The molecule has 7 nitrogen and oxygen atoms in total. The molecule has 0 saturated carbocycles. The van der Waals surface area contributed by atoms with Crippen molar-refractivity contribution in [2.24, 2.45) is 5.92 Å². The van der Waals surface area contributed by atoms with Gasteiger partial charge in [-0.3, -0.25) is 14.6 Å². The Bertz CT molecular complexity index is 719. The van der Waals surface area contributed by atoms with Crippen LogP contribution in [-0.4, -0.2) is 57.6 Å². The Kier molecular flexibility index (Phi) is 5.97. The summed E-state index contributed by atoms with van der Waals surface area (Å²) in [5.41, 5.74) is 0.0428. The number of nitrogens with zero attached hydrogens (tertiary/aromatic N) is 2. The van der Waals surface area contributed by atoms with Gasteiger partial charge in [0.25, 0.3) is 5.91 Å². The van der Waals surface area contributed by atoms with Crippen molar-refractivity contribution in [3.63, 3.8) is 0 Å². The molecule has 3 rings (SSSR count). The van der Waals surface area contributed by atoms with Crippen molar-refractivity contribution in [1.82, 2.24) is 9.80 Å². The molecule has 3 aliphatic rings. The number of carbonyl (C=O) groups excluding carboxylic acids is 3. The summed E-state index contributed by atoms with van der Waals surface area (Å²) in [4.78, 5) is 41.4. The van der Waals surface area contributed by atoms with E-state index in [1.54, 1.807) is 25.7 Å². The van der Waals surface area contributed by atoms with E-state index in [0.29, 0.717) is 25.1 Å². The molecule has 0 aliphatic carbocycles. The average Bonchev–Trinajstić information content (AvgIpc) is 2.86. The van der Waals surface area contributed by atoms with Crippen LogP contribution in [0.4, 0.5) is 4.79 Å². The lowest BCUT2D eigenvalue weighted by atomic mass is 9.78. The molecule has 0 aromatic carbocycles. The number of hydrogen-bond donors (Lipinski definition) is 0. The van der Waals surface area contributed by atoms with Gasteiger partial charge in [0.2, 0.25) is 0 Å². The maximum absolute atomic E-state index is 12.9. The molecule has 2 fully saturated rings. The molecule has 2 amide bonds. The van der Waals surface area contributed by atoms with Crippen LogP contribution in [0.2, 0.25) is 0 Å². The SMILES string of the molecule is CCC1=C(C(=O)OC(C)(C)C)N2C(=O)C3[C@H]2C(C1)CN3C(=O)OC(C)(C)C.[Br-]. The zero-order valence-corrected chi connectivity index (χ0v) is 19.3. The lowest BCUT2D eigenvalue weighted by Crippen LogP contribution is -3.00. The molecule has 2 unspecified atom stereocenters. The van der Waals surface area contributed by atoms with Gasteiger partial charge >= 0.3 is 12.1 Å². The quantitative estimate of drug-likeness (QED) is 0.425. The van der Waals surface area contributed by atoms with Gasteiger partial charge in [0.15, 0.2) is 0 Å². The predicted molar refractivity (Wildman–Crippen MR) is 98.6 cm³/mol. The molecule has 3 heterocycles. The van der Waals surface area contributed by atoms with Gasteiger partial charge in [0, 0.05) is 12.5 Å². The number of halogens is 1. The summed E-state index contributed by atoms with van der Waals surface area (Å²) in [5.74, 6) is -0.554. The Morgan fingerprint density at radius 2 is 1.64 bits per heavy atom. The van der Waals surface area contributed by atoms with Crippen LogP contribution in [-0.2, 0) is 19.1 Å². The molecule has 0 aromatic heterocycles. The Labute approximate surface area is 177 Å². The molecule has 28 heavy (non-hydrogen) atoms. The maximum Gasteiger partial charge on any atom is 0.411 e. The number of esters is 1. The molecule has 0 radical (unpaired) electrons. The first-order valence-electron chi connectivity index (χ1n) is 9.62. The molecule has 3 atom stereocenters. The van der Waals surface area contributed by atoms with Crippen molar-refractivity contribution in [3.8, 4) is 0 Å². The Balaban J connectivity index is 0.00000280. The van der Waals surface area contributed by atoms with Crippen molar-refractivity contribution in [3.05, 3.63) is 11.3 Å². The molecule has 2 saturated heterocycles. The Morgan fingerprint density at radius 1 is 1.07 bits per heavy atom. The molecule has 0 N–H and O–H groups in total. The third-order valence-electron chi connectivity index (χ3n) is 5.09. The van der Waals surface area contributed by atoms with Crippen LogP contribution in [0.25, 0.3) is 0 Å². The molecule has 0 spiro atoms. The molecule has 0 aromatic rings. The Morgan fingerprint density at radius 3 is 2.14 bits per heavy atom. The molecular formula is C20H30BrN2O5-. The standard InChI is InChI=1S/C20H30N2O5.BrH/c1-8-11-9-12-10-21(18(25)27-20(5,6)7)15-13(12)22(16(15)23)14(11)17(24)26-19(2,3)4;/h12-13,15H,8-10H2,1-7H3;1H/p-1/t12?,13-,15?;/m1./s1. The third kappa shape index (κ3) is 3.93. The number of ether oxygens (including phenoxy) is 2. The highest BCUT2D eigenvalue weighted by molar-refractivity contribution is 6.02. The van der Waals surface area contributed by atoms with Crippen LogP contribution < -0.4 is 17.0 Å². The highest BCUT2D eigenvalue weighted by Crippen LogP contribution is 2.48. The Hall–Kier alpha value is -1.57. The predicted octanol–water partition coefficient (Wildman–Crippen LogP) is -0.154. The van der Waals surface area contributed by atoms with Crippen LogP contribution in [0.15, 0.2) is 11.3 Å². The number of rotatable bonds is 2. The summed E-state index contributed by atoms with van der Waals surface area (Å²) in [5, 5.41) is 0. The number of amides is 2. The van der Waals surface area contributed by atoms with Gasteiger partial charge in [-0.2, -0.15) is 0 Å². The van der Waals surface area contributed by atoms with Gasteiger partial charge in [0.05, 0.1) is 6.04 Å². The minimum absolute atomic E-state index is 0. The average molecular weight is 458 g/mol. The van der Waals surface area contributed by atoms with Gasteiger partial charge in [-0.15, -0.1) is 0 Å². The van der Waals surface area contributed by atoms with E-state index >= 15 is 0 Å². The minimum Gasteiger partial charge on any atom is -1.00 e. The van der Waals surface area contributed by atoms with E-state index in [4.69, 9.17) is 9.47 Å². The van der Waals surface area contributed by atoms with E-state index in [1.165, 1.54) is 4.90 Å². The van der Waals surface area contributed by atoms with E-state index in [1.807, 2.05) is 27.7 Å². The monoisotopic (exact) mass is 457 g/mol. The first kappa shape index (κ1) is 22.7. The zero-order chi connectivity index (χ0) is 20.3. The van der Waals surface area contributed by atoms with Crippen molar-refractivity contribution in [1.29, 1.82) is 0 Å². The van der Waals surface area contributed by atoms with Crippen molar-refractivity contribution < 1.29 is 40.8 Å². The lowest BCUT2D eigenvalue weighted by molar-refractivity contribution is -0.163. The van der Waals surface area contributed by atoms with Gasteiger partial charge in [0.1, 0.15) is 22.9 Å². The summed E-state index contributed by atoms with van der Waals surface area (Å²) in [6.07, 6.45) is 0.889. The highest BCUT2D eigenvalue weighted by Gasteiger charge is 2.64. The first-order valence-corrected chi connectivity index (χ1v) is 9.62. The molecule has 0 bridgehead atoms. The second kappa shape index (κ2) is 7.35. The van der Waals surface area contributed by atoms with Crippen LogP contribution in [0.3, 0.4) is 0 Å². The van der Waals surface area contributed by atoms with E-state index in [2.05, 4.69) is 0 Å². The van der Waals surface area contributed by atoms with Crippen LogP contribution in [0.1, 0.15) is 61.3 Å². The summed E-state index contributed by atoms with van der Waals surface area (Å²) in [6.45, 7) is 13.3. The maximum atomic E-state index is 12.9. The van der Waals surface area contributed by atoms with Crippen LogP contribution in [0.5, 0.6) is 0 Å². The second-order valence-corrected chi connectivity index (χ2v) is 9.55. The number of β-lactam (4-membered cyclic amide) rings is 1. The third-order valence-corrected chi connectivity index (χ3v) is 5.09. The fraction of sp³-hybridized carbons (Fsp3) is 0.750. The first-order chi connectivity index (χ1) is 12.3. The fourth-order valence-corrected chi connectivity index (χ4v) is 4.17. The van der Waals surface area contributed by atoms with Gasteiger partial charge in [-0.05, 0) is 60.0 Å². The summed E-state index contributed by atoms with van der Waals surface area (Å²) >= 11 is 0. The molecular weight excluding hydrogens is 428 g/mol. The number of carbonyl (C=O) groups is 3. The van der Waals surface area contributed by atoms with Crippen molar-refractivity contribution in [2.45, 2.75) is 84.6 Å². The van der Waals surface area contributed by atoms with Gasteiger partial charge < -0.3 is 26.5 Å². The highest BCUT2D eigenvalue weighted by atomic mass is 79.9. The number of allylic oxidation sites excluding steroid dienone is 1. The lowest BCUT2D eigenvalue weighted by Gasteiger charge is -2.50. The van der Waals surface area contributed by atoms with Crippen LogP contribution >= 0.6 is 0 Å². The second-order valence-electron chi connectivity index (χ2n) is 9.55. The molecule has 8 heteroatoms. The normalized spacial score (nSPS) is 26.4. The smallest absolute Gasteiger partial charge is 0.411 e. The largest absolute Gasteiger partial charge is 1.00 e. The van der Waals surface area contributed by atoms with E-state index in [0.717, 1.165) is 5.57 Å². The van der Waals surface area contributed by atoms with E-state index in [9.17, 15) is 14.4 Å². The van der Waals surface area contributed by atoms with E-state index < -0.39 is 29.3 Å².